The number of para-hydroxylation sites is 1. The van der Waals surface area contributed by atoms with Crippen molar-refractivity contribution in [2.75, 3.05) is 11.9 Å². The summed E-state index contributed by atoms with van der Waals surface area (Å²) in [4.78, 5) is 3.14. The van der Waals surface area contributed by atoms with E-state index in [1.54, 1.807) is 0 Å². The zero-order valence-corrected chi connectivity index (χ0v) is 12.7. The summed E-state index contributed by atoms with van der Waals surface area (Å²) in [6.45, 7) is 0.869. The van der Waals surface area contributed by atoms with Crippen LogP contribution in [0.15, 0.2) is 42.5 Å². The van der Waals surface area contributed by atoms with Crippen molar-refractivity contribution in [3.63, 3.8) is 0 Å². The van der Waals surface area contributed by atoms with Crippen LogP contribution < -0.4 is 5.32 Å². The molecule has 4 rings (SSSR count). The Hall–Kier alpha value is -2.36. The maximum atomic E-state index is 13.9. The summed E-state index contributed by atoms with van der Waals surface area (Å²) in [5.74, 6) is -0.553. The molecule has 118 valence electrons. The minimum atomic E-state index is -0.513. The number of hydrogen-bond donors (Lipinski definition) is 2. The number of H-pyrrole nitrogens is 1. The van der Waals surface area contributed by atoms with Crippen molar-refractivity contribution in [3.8, 4) is 0 Å². The average molecular weight is 312 g/mol. The molecule has 23 heavy (non-hydrogen) atoms. The van der Waals surface area contributed by atoms with Gasteiger partial charge in [-0.1, -0.05) is 18.2 Å². The first-order chi connectivity index (χ1) is 11.2. The minimum Gasteiger partial charge on any atom is -0.385 e. The van der Waals surface area contributed by atoms with Crippen molar-refractivity contribution >= 4 is 16.6 Å². The molecule has 0 saturated carbocycles. The highest BCUT2D eigenvalue weighted by molar-refractivity contribution is 5.85. The van der Waals surface area contributed by atoms with Crippen LogP contribution in [0.5, 0.6) is 0 Å². The predicted molar refractivity (Wildman–Crippen MR) is 88.7 cm³/mol. The van der Waals surface area contributed by atoms with E-state index in [1.165, 1.54) is 6.07 Å². The second-order valence-electron chi connectivity index (χ2n) is 6.25. The minimum absolute atomic E-state index is 0.438. The molecule has 1 heterocycles. The molecule has 2 nitrogen and oxygen atoms in total. The zero-order valence-electron chi connectivity index (χ0n) is 12.7. The highest BCUT2D eigenvalue weighted by Gasteiger charge is 2.24. The van der Waals surface area contributed by atoms with Gasteiger partial charge in [0.1, 0.15) is 11.6 Å². The van der Waals surface area contributed by atoms with Crippen LogP contribution in [-0.4, -0.2) is 11.5 Å². The van der Waals surface area contributed by atoms with E-state index in [2.05, 4.69) is 10.3 Å². The molecular weight excluding hydrogens is 294 g/mol. The molecule has 0 amide bonds. The lowest BCUT2D eigenvalue weighted by Gasteiger charge is -2.23. The molecule has 0 bridgehead atoms. The molecule has 0 saturated heterocycles. The first kappa shape index (κ1) is 14.2. The van der Waals surface area contributed by atoms with Crippen molar-refractivity contribution in [2.45, 2.75) is 19.3 Å². The Kier molecular flexibility index (Phi) is 3.52. The van der Waals surface area contributed by atoms with Gasteiger partial charge in [-0.2, -0.15) is 0 Å². The van der Waals surface area contributed by atoms with Crippen molar-refractivity contribution in [1.29, 1.82) is 0 Å². The largest absolute Gasteiger partial charge is 0.385 e. The normalized spacial score (nSPS) is 17.2. The van der Waals surface area contributed by atoms with E-state index >= 15 is 0 Å². The second-order valence-corrected chi connectivity index (χ2v) is 6.25. The zero-order chi connectivity index (χ0) is 15.8. The summed E-state index contributed by atoms with van der Waals surface area (Å²) >= 11 is 0. The van der Waals surface area contributed by atoms with E-state index in [0.29, 0.717) is 16.8 Å². The van der Waals surface area contributed by atoms with Crippen LogP contribution in [-0.2, 0) is 12.8 Å². The van der Waals surface area contributed by atoms with Gasteiger partial charge in [0.2, 0.25) is 0 Å². The van der Waals surface area contributed by atoms with E-state index in [-0.39, 0.29) is 0 Å². The lowest BCUT2D eigenvalue weighted by Crippen LogP contribution is -2.21. The van der Waals surface area contributed by atoms with Crippen LogP contribution in [0.1, 0.15) is 17.7 Å². The fourth-order valence-corrected chi connectivity index (χ4v) is 3.51. The maximum Gasteiger partial charge on any atom is 0.150 e. The highest BCUT2D eigenvalue weighted by atomic mass is 19.1. The maximum absolute atomic E-state index is 13.9. The van der Waals surface area contributed by atoms with Crippen molar-refractivity contribution in [3.05, 3.63) is 65.4 Å². The average Bonchev–Trinajstić information content (AvgIpc) is 2.92. The monoisotopic (exact) mass is 312 g/mol. The predicted octanol–water partition coefficient (Wildman–Crippen LogP) is 4.66. The number of rotatable bonds is 3. The molecule has 1 aromatic heterocycles. The molecule has 0 spiro atoms. The summed E-state index contributed by atoms with van der Waals surface area (Å²) in [5.41, 5.74) is 3.67. The van der Waals surface area contributed by atoms with Crippen LogP contribution in [0.4, 0.5) is 14.5 Å². The number of benzene rings is 2. The number of aromatic amines is 1. The van der Waals surface area contributed by atoms with Crippen molar-refractivity contribution in [1.82, 2.24) is 4.98 Å². The Morgan fingerprint density at radius 1 is 1.13 bits per heavy atom. The van der Waals surface area contributed by atoms with Gasteiger partial charge in [0.05, 0.1) is 5.52 Å². The summed E-state index contributed by atoms with van der Waals surface area (Å²) in [6, 6.07) is 12.5. The summed E-state index contributed by atoms with van der Waals surface area (Å²) < 4.78 is 27.5. The van der Waals surface area contributed by atoms with Gasteiger partial charge in [0.15, 0.2) is 0 Å². The Morgan fingerprint density at radius 3 is 2.78 bits per heavy atom. The molecular formula is C19H18F2N2. The van der Waals surface area contributed by atoms with Crippen LogP contribution in [0.2, 0.25) is 0 Å². The van der Waals surface area contributed by atoms with Gasteiger partial charge in [0, 0.05) is 29.4 Å². The molecule has 1 aliphatic carbocycles. The number of hydrogen-bond acceptors (Lipinski definition) is 1. The molecule has 2 aromatic carbocycles. The lowest BCUT2D eigenvalue weighted by atomic mass is 9.86. The molecule has 2 N–H and O–H groups in total. The summed E-state index contributed by atoms with van der Waals surface area (Å²) in [6.07, 6.45) is 2.77. The van der Waals surface area contributed by atoms with Crippen LogP contribution in [0.25, 0.3) is 10.9 Å². The fourth-order valence-electron chi connectivity index (χ4n) is 3.51. The van der Waals surface area contributed by atoms with E-state index < -0.39 is 11.6 Å². The number of fused-ring (bicyclic) bond motifs is 3. The van der Waals surface area contributed by atoms with Crippen molar-refractivity contribution in [2.24, 2.45) is 5.92 Å². The van der Waals surface area contributed by atoms with Gasteiger partial charge in [0.25, 0.3) is 0 Å². The molecule has 0 radical (unpaired) electrons. The third-order valence-electron chi connectivity index (χ3n) is 4.68. The number of halogens is 2. The van der Waals surface area contributed by atoms with Crippen LogP contribution >= 0.6 is 0 Å². The van der Waals surface area contributed by atoms with Gasteiger partial charge < -0.3 is 10.3 Å². The number of nitrogens with one attached hydrogen (secondary N) is 2. The van der Waals surface area contributed by atoms with Gasteiger partial charge in [-0.25, -0.2) is 8.78 Å². The molecule has 4 heteroatoms. The number of aryl methyl sites for hydroxylation is 1. The molecule has 0 aliphatic heterocycles. The van der Waals surface area contributed by atoms with Crippen LogP contribution in [0.3, 0.4) is 0 Å². The Balaban J connectivity index is 1.56. The molecule has 3 aromatic rings. The van der Waals surface area contributed by atoms with Gasteiger partial charge in [-0.15, -0.1) is 0 Å². The summed E-state index contributed by atoms with van der Waals surface area (Å²) in [5, 5.41) is 4.15. The van der Waals surface area contributed by atoms with E-state index in [4.69, 9.17) is 0 Å². The highest BCUT2D eigenvalue weighted by Crippen LogP contribution is 2.33. The second kappa shape index (κ2) is 5.69. The van der Waals surface area contributed by atoms with Crippen molar-refractivity contribution < 1.29 is 8.78 Å². The Morgan fingerprint density at radius 2 is 1.96 bits per heavy atom. The summed E-state index contributed by atoms with van der Waals surface area (Å²) in [7, 11) is 0. The standard InChI is InChI=1S/C19H18F2N2/c20-13-9-16-15-8-12(11-22-14-4-2-1-3-5-14)6-7-18(15)23-19(16)17(21)10-13/h1-5,9-10,12,22-23H,6-8,11H2/t12-/m1/s1. The Labute approximate surface area is 133 Å². The quantitative estimate of drug-likeness (QED) is 0.723. The Bertz CT molecular complexity index is 839. The van der Waals surface area contributed by atoms with Crippen LogP contribution in [0, 0.1) is 17.6 Å². The molecule has 1 atom stereocenters. The first-order valence-corrected chi connectivity index (χ1v) is 7.98. The molecule has 0 unspecified atom stereocenters. The smallest absolute Gasteiger partial charge is 0.150 e. The molecule has 0 fully saturated rings. The first-order valence-electron chi connectivity index (χ1n) is 7.98. The third-order valence-corrected chi connectivity index (χ3v) is 4.68. The molecule has 1 aliphatic rings. The third kappa shape index (κ3) is 2.69. The SMILES string of the molecule is Fc1cc(F)c2[nH]c3c(c2c1)C[C@H](CNc1ccccc1)CC3. The topological polar surface area (TPSA) is 27.8 Å². The van der Waals surface area contributed by atoms with Gasteiger partial charge in [-0.05, 0) is 48.9 Å². The van der Waals surface area contributed by atoms with Gasteiger partial charge >= 0.3 is 0 Å². The van der Waals surface area contributed by atoms with Gasteiger partial charge in [-0.3, -0.25) is 0 Å². The van der Waals surface area contributed by atoms with E-state index in [9.17, 15) is 8.78 Å². The van der Waals surface area contributed by atoms with E-state index in [1.807, 2.05) is 30.3 Å². The van der Waals surface area contributed by atoms with E-state index in [0.717, 1.165) is 48.8 Å². The number of aromatic nitrogens is 1. The fraction of sp³-hybridized carbons (Fsp3) is 0.263. The lowest BCUT2D eigenvalue weighted by molar-refractivity contribution is 0.479. The number of anilines is 1.